The first-order valence-electron chi connectivity index (χ1n) is 12.4. The van der Waals surface area contributed by atoms with Crippen LogP contribution in [0.5, 0.6) is 11.5 Å². The third-order valence-electron chi connectivity index (χ3n) is 6.98. The van der Waals surface area contributed by atoms with Gasteiger partial charge in [-0.3, -0.25) is 4.79 Å². The van der Waals surface area contributed by atoms with Crippen LogP contribution in [0.1, 0.15) is 22.5 Å². The number of nitrogens with zero attached hydrogens (tertiary/aromatic N) is 2. The summed E-state index contributed by atoms with van der Waals surface area (Å²) in [7, 11) is 1.96. The van der Waals surface area contributed by atoms with Crippen molar-refractivity contribution in [1.29, 1.82) is 0 Å². The van der Waals surface area contributed by atoms with E-state index in [0.29, 0.717) is 24.8 Å². The quantitative estimate of drug-likeness (QED) is 0.272. The molecule has 6 nitrogen and oxygen atoms in total. The summed E-state index contributed by atoms with van der Waals surface area (Å²) in [5, 5.41) is 6.39. The third kappa shape index (κ3) is 4.40. The van der Waals surface area contributed by atoms with Crippen LogP contribution in [-0.4, -0.2) is 41.2 Å². The van der Waals surface area contributed by atoms with Crippen molar-refractivity contribution in [2.45, 2.75) is 13.0 Å². The van der Waals surface area contributed by atoms with Gasteiger partial charge in [-0.2, -0.15) is 0 Å². The third-order valence-corrected chi connectivity index (χ3v) is 7.84. The molecule has 1 aliphatic rings. The molecule has 0 radical (unpaired) electrons. The summed E-state index contributed by atoms with van der Waals surface area (Å²) >= 11 is 1.66. The van der Waals surface area contributed by atoms with Gasteiger partial charge in [0.2, 0.25) is 5.78 Å². The SMILES string of the molecule is Cn1c(C(=O)c2cn(CCOc3cccc(OC[C@H]4CCNC4)c3)c3ccccc23)cc2sccc21. The summed E-state index contributed by atoms with van der Waals surface area (Å²) in [5.41, 5.74) is 3.55. The van der Waals surface area contributed by atoms with E-state index >= 15 is 0 Å². The maximum Gasteiger partial charge on any atom is 0.211 e. The number of nitrogens with one attached hydrogen (secondary N) is 1. The number of hydrogen-bond donors (Lipinski definition) is 1. The fraction of sp³-hybridized carbons (Fsp3) is 0.276. The second kappa shape index (κ2) is 9.84. The van der Waals surface area contributed by atoms with Crippen LogP contribution in [0.3, 0.4) is 0 Å². The maximum atomic E-state index is 13.6. The number of ether oxygens (including phenoxy) is 2. The van der Waals surface area contributed by atoms with Gasteiger partial charge < -0.3 is 23.9 Å². The number of carbonyl (C=O) groups is 1. The summed E-state index contributed by atoms with van der Waals surface area (Å²) in [6.45, 7) is 3.94. The van der Waals surface area contributed by atoms with Crippen LogP contribution in [0.15, 0.2) is 72.2 Å². The van der Waals surface area contributed by atoms with Gasteiger partial charge in [-0.1, -0.05) is 24.3 Å². The lowest BCUT2D eigenvalue weighted by Crippen LogP contribution is -2.15. The minimum atomic E-state index is 0.0408. The first-order valence-corrected chi connectivity index (χ1v) is 13.3. The summed E-state index contributed by atoms with van der Waals surface area (Å²) < 4.78 is 17.3. The fourth-order valence-electron chi connectivity index (χ4n) is 5.01. The van der Waals surface area contributed by atoms with Gasteiger partial charge in [0.25, 0.3) is 0 Å². The molecule has 0 amide bonds. The van der Waals surface area contributed by atoms with E-state index < -0.39 is 0 Å². The zero-order valence-corrected chi connectivity index (χ0v) is 21.1. The minimum Gasteiger partial charge on any atom is -0.493 e. The molecular formula is C29H29N3O3S. The maximum absolute atomic E-state index is 13.6. The normalized spacial score (nSPS) is 15.6. The lowest BCUT2D eigenvalue weighted by atomic mass is 10.1. The molecule has 1 atom stereocenters. The van der Waals surface area contributed by atoms with Gasteiger partial charge in [-0.05, 0) is 48.7 Å². The van der Waals surface area contributed by atoms with Gasteiger partial charge in [0.1, 0.15) is 18.1 Å². The van der Waals surface area contributed by atoms with Crippen LogP contribution in [0, 0.1) is 5.92 Å². The second-order valence-corrected chi connectivity index (χ2v) is 10.3. The Labute approximate surface area is 214 Å². The molecule has 3 aromatic heterocycles. The van der Waals surface area contributed by atoms with Crippen LogP contribution in [-0.2, 0) is 13.6 Å². The summed E-state index contributed by atoms with van der Waals surface area (Å²) in [6, 6.07) is 20.0. The fourth-order valence-corrected chi connectivity index (χ4v) is 5.85. The van der Waals surface area contributed by atoms with E-state index in [1.807, 2.05) is 66.3 Å². The van der Waals surface area contributed by atoms with E-state index in [-0.39, 0.29) is 5.78 Å². The van der Waals surface area contributed by atoms with Crippen molar-refractivity contribution in [3.05, 3.63) is 83.5 Å². The number of benzene rings is 2. The first kappa shape index (κ1) is 22.9. The number of aromatic nitrogens is 2. The topological polar surface area (TPSA) is 57.4 Å². The molecule has 7 heteroatoms. The Morgan fingerprint density at radius 3 is 2.75 bits per heavy atom. The van der Waals surface area contributed by atoms with Crippen LogP contribution < -0.4 is 14.8 Å². The summed E-state index contributed by atoms with van der Waals surface area (Å²) in [6.07, 6.45) is 3.13. The molecule has 4 heterocycles. The molecule has 0 bridgehead atoms. The molecule has 2 aromatic carbocycles. The molecule has 1 saturated heterocycles. The standard InChI is InChI=1S/C29H29N3O3S/c1-31-26-10-14-36-28(26)16-27(31)29(33)24-18-32(25-8-3-2-7-23(24)25)12-13-34-21-5-4-6-22(15-21)35-19-20-9-11-30-17-20/h2-8,10,14-16,18,20,30H,9,11-13,17,19H2,1H3/t20-/m0/s1. The molecule has 1 N–H and O–H groups in total. The molecule has 1 aliphatic heterocycles. The molecule has 6 rings (SSSR count). The van der Waals surface area contributed by atoms with Crippen molar-refractivity contribution in [2.75, 3.05) is 26.3 Å². The van der Waals surface area contributed by atoms with Crippen LogP contribution in [0.4, 0.5) is 0 Å². The average molecular weight is 500 g/mol. The number of para-hydroxylation sites is 1. The Balaban J connectivity index is 1.17. The highest BCUT2D eigenvalue weighted by atomic mass is 32.1. The molecule has 0 unspecified atom stereocenters. The van der Waals surface area contributed by atoms with Crippen LogP contribution >= 0.6 is 11.3 Å². The van der Waals surface area contributed by atoms with E-state index in [9.17, 15) is 4.79 Å². The monoisotopic (exact) mass is 499 g/mol. The van der Waals surface area contributed by atoms with E-state index in [0.717, 1.165) is 64.3 Å². The molecule has 184 valence electrons. The van der Waals surface area contributed by atoms with Gasteiger partial charge in [-0.15, -0.1) is 11.3 Å². The Kier molecular flexibility index (Phi) is 6.25. The number of carbonyl (C=O) groups excluding carboxylic acids is 1. The highest BCUT2D eigenvalue weighted by molar-refractivity contribution is 7.17. The zero-order chi connectivity index (χ0) is 24.5. The lowest BCUT2D eigenvalue weighted by Gasteiger charge is -2.13. The highest BCUT2D eigenvalue weighted by Crippen LogP contribution is 2.29. The molecule has 5 aromatic rings. The summed E-state index contributed by atoms with van der Waals surface area (Å²) in [4.78, 5) is 13.6. The Morgan fingerprint density at radius 1 is 1.06 bits per heavy atom. The van der Waals surface area contributed by atoms with Gasteiger partial charge in [-0.25, -0.2) is 0 Å². The molecule has 1 fully saturated rings. The van der Waals surface area contributed by atoms with E-state index in [2.05, 4.69) is 27.4 Å². The van der Waals surface area contributed by atoms with Gasteiger partial charge >= 0.3 is 0 Å². The summed E-state index contributed by atoms with van der Waals surface area (Å²) in [5.74, 6) is 2.23. The first-order chi connectivity index (χ1) is 17.7. The molecule has 0 saturated carbocycles. The Bertz CT molecular complexity index is 1520. The van der Waals surface area contributed by atoms with Crippen molar-refractivity contribution in [1.82, 2.24) is 14.5 Å². The predicted octanol–water partition coefficient (Wildman–Crippen LogP) is 5.49. The van der Waals surface area contributed by atoms with Crippen molar-refractivity contribution < 1.29 is 14.3 Å². The van der Waals surface area contributed by atoms with Gasteiger partial charge in [0.05, 0.1) is 29.1 Å². The minimum absolute atomic E-state index is 0.0408. The van der Waals surface area contributed by atoms with E-state index in [4.69, 9.17) is 9.47 Å². The Morgan fingerprint density at radius 2 is 1.92 bits per heavy atom. The van der Waals surface area contributed by atoms with Crippen molar-refractivity contribution >= 4 is 38.2 Å². The van der Waals surface area contributed by atoms with Gasteiger partial charge in [0, 0.05) is 48.2 Å². The van der Waals surface area contributed by atoms with Crippen molar-refractivity contribution in [3.8, 4) is 11.5 Å². The lowest BCUT2D eigenvalue weighted by molar-refractivity contribution is 0.103. The molecular weight excluding hydrogens is 470 g/mol. The Hall–Kier alpha value is -3.55. The number of ketones is 1. The average Bonchev–Trinajstić information content (AvgIpc) is 3.69. The number of hydrogen-bond acceptors (Lipinski definition) is 5. The zero-order valence-electron chi connectivity index (χ0n) is 20.3. The highest BCUT2D eigenvalue weighted by Gasteiger charge is 2.21. The van der Waals surface area contributed by atoms with Crippen molar-refractivity contribution in [2.24, 2.45) is 13.0 Å². The molecule has 0 aliphatic carbocycles. The van der Waals surface area contributed by atoms with Crippen LogP contribution in [0.2, 0.25) is 0 Å². The van der Waals surface area contributed by atoms with E-state index in [1.165, 1.54) is 0 Å². The second-order valence-electron chi connectivity index (χ2n) is 9.33. The van der Waals surface area contributed by atoms with Gasteiger partial charge in [0.15, 0.2) is 0 Å². The predicted molar refractivity (Wildman–Crippen MR) is 145 cm³/mol. The number of thiophene rings is 1. The smallest absolute Gasteiger partial charge is 0.211 e. The number of rotatable bonds is 9. The molecule has 36 heavy (non-hydrogen) atoms. The number of aryl methyl sites for hydroxylation is 1. The largest absolute Gasteiger partial charge is 0.493 e. The van der Waals surface area contributed by atoms with E-state index in [1.54, 1.807) is 11.3 Å². The molecule has 0 spiro atoms. The van der Waals surface area contributed by atoms with Crippen LogP contribution in [0.25, 0.3) is 21.1 Å². The van der Waals surface area contributed by atoms with Crippen molar-refractivity contribution in [3.63, 3.8) is 0 Å². The number of fused-ring (bicyclic) bond motifs is 2.